The first-order chi connectivity index (χ1) is 7.83. The predicted octanol–water partition coefficient (Wildman–Crippen LogP) is 1.34. The summed E-state index contributed by atoms with van der Waals surface area (Å²) in [6.45, 7) is 5.61. The van der Waals surface area contributed by atoms with Gasteiger partial charge in [0.2, 0.25) is 0 Å². The fourth-order valence-electron chi connectivity index (χ4n) is 1.01. The van der Waals surface area contributed by atoms with Crippen LogP contribution in [0, 0.1) is 0 Å². The Morgan fingerprint density at radius 2 is 1.81 bits per heavy atom. The number of hydrogen-bond acceptors (Lipinski definition) is 4. The number of aldehydes is 1. The van der Waals surface area contributed by atoms with Crippen molar-refractivity contribution in [3.8, 4) is 0 Å². The maximum atomic E-state index is 9.95. The Hall–Kier alpha value is -0.450. The molecule has 0 saturated heterocycles. The summed E-state index contributed by atoms with van der Waals surface area (Å²) < 4.78 is 4.54. The maximum absolute atomic E-state index is 9.95. The topological polar surface area (TPSA) is 64.3 Å². The van der Waals surface area contributed by atoms with Gasteiger partial charge in [-0.15, -0.1) is 0 Å². The van der Waals surface area contributed by atoms with E-state index in [4.69, 9.17) is 5.73 Å². The molecule has 0 rings (SSSR count). The van der Waals surface area contributed by atoms with Crippen LogP contribution in [0.25, 0.3) is 0 Å². The molecule has 16 heavy (non-hydrogen) atoms. The molecule has 0 bridgehead atoms. The molecule has 0 spiro atoms. The summed E-state index contributed by atoms with van der Waals surface area (Å²) in [6, 6.07) is 0. The van der Waals surface area contributed by atoms with E-state index in [1.807, 2.05) is 6.92 Å². The van der Waals surface area contributed by atoms with Gasteiger partial charge >= 0.3 is 0 Å². The zero-order valence-corrected chi connectivity index (χ0v) is 10.8. The predicted molar refractivity (Wildman–Crippen MR) is 68.6 cm³/mol. The fraction of sp³-hybridized carbons (Fsp3) is 0.917. The Morgan fingerprint density at radius 3 is 2.31 bits per heavy atom. The van der Waals surface area contributed by atoms with Crippen LogP contribution in [0.5, 0.6) is 0 Å². The first-order valence-corrected chi connectivity index (χ1v) is 6.16. The van der Waals surface area contributed by atoms with Crippen LogP contribution in [0.1, 0.15) is 39.0 Å². The second kappa shape index (κ2) is 20.0. The number of unbranched alkanes of at least 4 members (excludes halogenated alkanes) is 3. The average molecular weight is 232 g/mol. The SMILES string of the molecule is CCOC.NCCCNCCCCCC=O. The van der Waals surface area contributed by atoms with Crippen molar-refractivity contribution < 1.29 is 9.53 Å². The summed E-state index contributed by atoms with van der Waals surface area (Å²) in [5.74, 6) is 0. The molecule has 0 fully saturated rings. The number of methoxy groups -OCH3 is 1. The zero-order chi connectivity index (χ0) is 12.5. The highest BCUT2D eigenvalue weighted by Gasteiger charge is 1.88. The van der Waals surface area contributed by atoms with Crippen LogP contribution in [-0.4, -0.2) is 39.6 Å². The van der Waals surface area contributed by atoms with Crippen molar-refractivity contribution in [2.75, 3.05) is 33.4 Å². The molecule has 4 heteroatoms. The summed E-state index contributed by atoms with van der Waals surface area (Å²) in [4.78, 5) is 9.95. The molecule has 0 unspecified atom stereocenters. The summed E-state index contributed by atoms with van der Waals surface area (Å²) in [6.07, 6.45) is 6.09. The normalized spacial score (nSPS) is 9.44. The molecule has 3 N–H and O–H groups in total. The van der Waals surface area contributed by atoms with Crippen LogP contribution in [-0.2, 0) is 9.53 Å². The summed E-state index contributed by atoms with van der Waals surface area (Å²) >= 11 is 0. The van der Waals surface area contributed by atoms with Gasteiger partial charge in [-0.3, -0.25) is 0 Å². The molecule has 0 aromatic rings. The highest BCUT2D eigenvalue weighted by molar-refractivity contribution is 5.48. The van der Waals surface area contributed by atoms with Crippen molar-refractivity contribution in [3.63, 3.8) is 0 Å². The van der Waals surface area contributed by atoms with Gasteiger partial charge in [0.05, 0.1) is 0 Å². The van der Waals surface area contributed by atoms with Crippen molar-refractivity contribution in [1.29, 1.82) is 0 Å². The Labute approximate surface area is 99.9 Å². The van der Waals surface area contributed by atoms with E-state index in [1.54, 1.807) is 7.11 Å². The number of carbonyl (C=O) groups is 1. The van der Waals surface area contributed by atoms with E-state index >= 15 is 0 Å². The minimum atomic E-state index is 0.711. The van der Waals surface area contributed by atoms with Crippen LogP contribution in [0.3, 0.4) is 0 Å². The molecule has 4 nitrogen and oxygen atoms in total. The lowest BCUT2D eigenvalue weighted by molar-refractivity contribution is -0.107. The van der Waals surface area contributed by atoms with E-state index in [2.05, 4.69) is 10.1 Å². The average Bonchev–Trinajstić information content (AvgIpc) is 2.33. The highest BCUT2D eigenvalue weighted by atomic mass is 16.5. The Kier molecular flexibility index (Phi) is 22.4. The molecule has 0 aromatic heterocycles. The first kappa shape index (κ1) is 17.9. The molecule has 0 radical (unpaired) electrons. The number of nitrogens with two attached hydrogens (primary N) is 1. The van der Waals surface area contributed by atoms with E-state index in [0.29, 0.717) is 6.42 Å². The van der Waals surface area contributed by atoms with Crippen molar-refractivity contribution >= 4 is 6.29 Å². The maximum Gasteiger partial charge on any atom is 0.119 e. The lowest BCUT2D eigenvalue weighted by Crippen LogP contribution is -2.19. The van der Waals surface area contributed by atoms with Crippen LogP contribution in [0.4, 0.5) is 0 Å². The summed E-state index contributed by atoms with van der Waals surface area (Å²) in [7, 11) is 1.68. The Morgan fingerprint density at radius 1 is 1.19 bits per heavy atom. The van der Waals surface area contributed by atoms with Crippen LogP contribution < -0.4 is 11.1 Å². The number of hydrogen-bond donors (Lipinski definition) is 2. The van der Waals surface area contributed by atoms with Gasteiger partial charge in [0.15, 0.2) is 0 Å². The molecule has 0 amide bonds. The second-order valence-electron chi connectivity index (χ2n) is 3.49. The van der Waals surface area contributed by atoms with Gasteiger partial charge in [0, 0.05) is 20.1 Å². The zero-order valence-electron chi connectivity index (χ0n) is 10.8. The van der Waals surface area contributed by atoms with E-state index in [1.165, 1.54) is 6.42 Å². The van der Waals surface area contributed by atoms with Crippen molar-refractivity contribution in [2.45, 2.75) is 39.0 Å². The number of carbonyl (C=O) groups excluding carboxylic acids is 1. The van der Waals surface area contributed by atoms with Gasteiger partial charge in [0.25, 0.3) is 0 Å². The third-order valence-corrected chi connectivity index (χ3v) is 2.02. The standard InChI is InChI=1S/C9H20N2O.C3H8O/c10-6-5-8-11-7-3-1-2-4-9-12;1-3-4-2/h9,11H,1-8,10H2;3H2,1-2H3. The highest BCUT2D eigenvalue weighted by Crippen LogP contribution is 1.95. The third kappa shape index (κ3) is 23.4. The van der Waals surface area contributed by atoms with Crippen molar-refractivity contribution in [1.82, 2.24) is 5.32 Å². The number of ether oxygens (including phenoxy) is 1. The van der Waals surface area contributed by atoms with Crippen molar-refractivity contribution in [2.24, 2.45) is 5.73 Å². The molecule has 0 aliphatic carbocycles. The molecule has 0 saturated carbocycles. The second-order valence-corrected chi connectivity index (χ2v) is 3.49. The Bertz CT molecular complexity index is 120. The van der Waals surface area contributed by atoms with Gasteiger partial charge in [-0.2, -0.15) is 0 Å². The summed E-state index contributed by atoms with van der Waals surface area (Å²) in [5.41, 5.74) is 5.33. The van der Waals surface area contributed by atoms with E-state index < -0.39 is 0 Å². The van der Waals surface area contributed by atoms with Gasteiger partial charge in [-0.25, -0.2) is 0 Å². The van der Waals surface area contributed by atoms with Gasteiger partial charge < -0.3 is 20.6 Å². The van der Waals surface area contributed by atoms with Crippen LogP contribution >= 0.6 is 0 Å². The van der Waals surface area contributed by atoms with Crippen molar-refractivity contribution in [3.05, 3.63) is 0 Å². The minimum absolute atomic E-state index is 0.711. The van der Waals surface area contributed by atoms with Crippen LogP contribution in [0.2, 0.25) is 0 Å². The van der Waals surface area contributed by atoms with Crippen LogP contribution in [0.15, 0.2) is 0 Å². The Balaban J connectivity index is 0. The lowest BCUT2D eigenvalue weighted by Gasteiger charge is -2.01. The molecule has 0 aliphatic rings. The number of nitrogens with one attached hydrogen (secondary N) is 1. The van der Waals surface area contributed by atoms with E-state index in [9.17, 15) is 4.79 Å². The smallest absolute Gasteiger partial charge is 0.119 e. The molecule has 0 aliphatic heterocycles. The summed E-state index contributed by atoms with van der Waals surface area (Å²) in [5, 5.41) is 3.29. The number of rotatable bonds is 10. The molecule has 0 atom stereocenters. The minimum Gasteiger partial charge on any atom is -0.385 e. The molecule has 0 aromatic carbocycles. The fourth-order valence-corrected chi connectivity index (χ4v) is 1.01. The lowest BCUT2D eigenvalue weighted by atomic mass is 10.2. The quantitative estimate of drug-likeness (QED) is 0.441. The van der Waals surface area contributed by atoms with E-state index in [0.717, 1.165) is 51.8 Å². The monoisotopic (exact) mass is 232 g/mol. The molecule has 98 valence electrons. The molecular formula is C12H28N2O2. The first-order valence-electron chi connectivity index (χ1n) is 6.16. The van der Waals surface area contributed by atoms with Gasteiger partial charge in [-0.05, 0) is 45.8 Å². The molecule has 0 heterocycles. The van der Waals surface area contributed by atoms with Gasteiger partial charge in [-0.1, -0.05) is 6.42 Å². The van der Waals surface area contributed by atoms with E-state index in [-0.39, 0.29) is 0 Å². The largest absolute Gasteiger partial charge is 0.385 e. The van der Waals surface area contributed by atoms with Gasteiger partial charge in [0.1, 0.15) is 6.29 Å². The molecular weight excluding hydrogens is 204 g/mol. The third-order valence-electron chi connectivity index (χ3n) is 2.02.